The van der Waals surface area contributed by atoms with Crippen molar-refractivity contribution in [1.82, 2.24) is 0 Å². The van der Waals surface area contributed by atoms with Crippen molar-refractivity contribution in [3.63, 3.8) is 0 Å². The van der Waals surface area contributed by atoms with Crippen LogP contribution in [0.1, 0.15) is 91.2 Å². The Kier molecular flexibility index (Phi) is 14.0. The van der Waals surface area contributed by atoms with Gasteiger partial charge in [0, 0.05) is 24.5 Å². The van der Waals surface area contributed by atoms with Crippen LogP contribution < -0.4 is 10.1 Å². The summed E-state index contributed by atoms with van der Waals surface area (Å²) < 4.78 is 25.8. The summed E-state index contributed by atoms with van der Waals surface area (Å²) in [5, 5.41) is 1.37. The molecule has 0 unspecified atom stereocenters. The molecule has 8 heteroatoms. The van der Waals surface area contributed by atoms with Crippen molar-refractivity contribution in [1.29, 1.82) is 0 Å². The molecular formula is C38H61IO5Si2. The summed E-state index contributed by atoms with van der Waals surface area (Å²) in [5.74, 6) is 1.37. The lowest BCUT2D eigenvalue weighted by Crippen LogP contribution is -2.52. The van der Waals surface area contributed by atoms with Crippen molar-refractivity contribution in [2.45, 2.75) is 135 Å². The van der Waals surface area contributed by atoms with Gasteiger partial charge in [-0.2, -0.15) is 0 Å². The van der Waals surface area contributed by atoms with Crippen LogP contribution in [0.5, 0.6) is 5.75 Å². The summed E-state index contributed by atoms with van der Waals surface area (Å²) in [7, 11) is -2.39. The minimum Gasteiger partial charge on any atom is -0.497 e. The molecule has 258 valence electrons. The molecule has 1 aliphatic rings. The van der Waals surface area contributed by atoms with Crippen LogP contribution in [-0.4, -0.2) is 42.0 Å². The van der Waals surface area contributed by atoms with Gasteiger partial charge >= 0.3 is 0 Å². The first-order valence-electron chi connectivity index (χ1n) is 17.2. The largest absolute Gasteiger partial charge is 0.497 e. The van der Waals surface area contributed by atoms with Gasteiger partial charge in [-0.05, 0) is 94.7 Å². The molecule has 0 amide bonds. The number of rotatable bonds is 16. The van der Waals surface area contributed by atoms with Gasteiger partial charge in [0.25, 0.3) is 0 Å². The average Bonchev–Trinajstić information content (AvgIpc) is 3.34. The molecule has 0 bridgehead atoms. The minimum atomic E-state index is -2.14. The highest BCUT2D eigenvalue weighted by Crippen LogP contribution is 2.42. The molecular weight excluding hydrogens is 719 g/mol. The molecule has 0 aliphatic heterocycles. The van der Waals surface area contributed by atoms with Crippen LogP contribution in [0.15, 0.2) is 47.1 Å². The van der Waals surface area contributed by atoms with Gasteiger partial charge in [-0.15, -0.1) is 0 Å². The van der Waals surface area contributed by atoms with Crippen LogP contribution in [0.2, 0.25) is 36.3 Å². The van der Waals surface area contributed by atoms with E-state index in [2.05, 4.69) is 109 Å². The van der Waals surface area contributed by atoms with E-state index in [1.165, 1.54) is 17.5 Å². The van der Waals surface area contributed by atoms with E-state index in [9.17, 15) is 4.79 Å². The van der Waals surface area contributed by atoms with Gasteiger partial charge < -0.3 is 18.3 Å². The summed E-state index contributed by atoms with van der Waals surface area (Å²) in [6.45, 7) is 24.7. The lowest BCUT2D eigenvalue weighted by Gasteiger charge is -2.42. The Labute approximate surface area is 295 Å². The fourth-order valence-electron chi connectivity index (χ4n) is 5.74. The monoisotopic (exact) mass is 780 g/mol. The molecule has 1 aromatic heterocycles. The maximum atomic E-state index is 13.6. The van der Waals surface area contributed by atoms with E-state index >= 15 is 0 Å². The molecule has 1 aliphatic carbocycles. The fourth-order valence-corrected chi connectivity index (χ4v) is 9.97. The van der Waals surface area contributed by atoms with Crippen molar-refractivity contribution < 1.29 is 23.1 Å². The number of ketones is 1. The highest BCUT2D eigenvalue weighted by Gasteiger charge is 2.46. The molecule has 2 aromatic rings. The predicted molar refractivity (Wildman–Crippen MR) is 206 cm³/mol. The van der Waals surface area contributed by atoms with Crippen LogP contribution in [0.25, 0.3) is 0 Å². The first-order valence-corrected chi connectivity index (χ1v) is 24.2. The second kappa shape index (κ2) is 16.5. The lowest BCUT2D eigenvalue weighted by atomic mass is 9.79. The molecule has 0 fully saturated rings. The summed E-state index contributed by atoms with van der Waals surface area (Å²) in [4.78, 5) is 13.6. The van der Waals surface area contributed by atoms with E-state index < -0.39 is 16.4 Å². The summed E-state index contributed by atoms with van der Waals surface area (Å²) in [6.07, 6.45) is 13.1. The normalized spacial score (nSPS) is 18.7. The number of carbonyl (C=O) groups is 1. The first kappa shape index (κ1) is 39.2. The summed E-state index contributed by atoms with van der Waals surface area (Å²) in [5.41, 5.74) is 2.44. The highest BCUT2D eigenvalue weighted by atomic mass is 127. The van der Waals surface area contributed by atoms with Crippen LogP contribution in [0, 0.1) is 15.4 Å². The number of unbranched alkanes of at least 4 members (excludes halogenated alkanes) is 3. The number of hydrogen-bond acceptors (Lipinski definition) is 5. The van der Waals surface area contributed by atoms with Gasteiger partial charge in [0.05, 0.1) is 28.8 Å². The van der Waals surface area contributed by atoms with Crippen molar-refractivity contribution in [2.24, 2.45) is 11.8 Å². The zero-order valence-electron chi connectivity index (χ0n) is 30.6. The second-order valence-corrected chi connectivity index (χ2v) is 27.5. The Balaban J connectivity index is 1.63. The van der Waals surface area contributed by atoms with E-state index in [1.807, 2.05) is 24.5 Å². The van der Waals surface area contributed by atoms with Crippen molar-refractivity contribution >= 4 is 50.1 Å². The number of hydrogen-bond donors (Lipinski definition) is 0. The molecule has 3 rings (SSSR count). The third-order valence-corrected chi connectivity index (χ3v) is 21.6. The number of halogens is 1. The zero-order chi connectivity index (χ0) is 34.3. The Morgan fingerprint density at radius 3 is 2.22 bits per heavy atom. The highest BCUT2D eigenvalue weighted by molar-refractivity contribution is 14.1. The van der Waals surface area contributed by atoms with E-state index in [1.54, 1.807) is 7.11 Å². The van der Waals surface area contributed by atoms with Crippen LogP contribution in [0.4, 0.5) is 0 Å². The Hall–Kier alpha value is -1.21. The lowest BCUT2D eigenvalue weighted by molar-refractivity contribution is -0.122. The third-order valence-electron chi connectivity index (χ3n) is 10.9. The van der Waals surface area contributed by atoms with E-state index in [0.29, 0.717) is 12.5 Å². The number of ether oxygens (including phenoxy) is 2. The minimum absolute atomic E-state index is 0.0579. The van der Waals surface area contributed by atoms with E-state index in [-0.39, 0.29) is 27.9 Å². The zero-order valence-corrected chi connectivity index (χ0v) is 34.7. The number of carbonyl (C=O) groups excluding carboxylic acids is 1. The maximum absolute atomic E-state index is 13.6. The van der Waals surface area contributed by atoms with Gasteiger partial charge in [0.15, 0.2) is 14.1 Å². The number of allylic oxidation sites excluding steroid dienone is 2. The Morgan fingerprint density at radius 1 is 0.957 bits per heavy atom. The molecule has 1 heterocycles. The molecule has 46 heavy (non-hydrogen) atoms. The van der Waals surface area contributed by atoms with E-state index in [4.69, 9.17) is 18.3 Å². The summed E-state index contributed by atoms with van der Waals surface area (Å²) >= 11 is 2.43. The van der Waals surface area contributed by atoms with Gasteiger partial charge in [0.2, 0.25) is 0 Å². The maximum Gasteiger partial charge on any atom is 0.192 e. The van der Waals surface area contributed by atoms with Gasteiger partial charge in [-0.1, -0.05) is 92.1 Å². The quantitative estimate of drug-likeness (QED) is 0.0965. The molecule has 0 saturated carbocycles. The molecule has 0 radical (unpaired) electrons. The molecule has 1 aromatic carbocycles. The smallest absolute Gasteiger partial charge is 0.192 e. The predicted octanol–water partition coefficient (Wildman–Crippen LogP) is 10.5. The molecule has 5 nitrogen and oxygen atoms in total. The SMILES string of the molecule is COc1ccc(COCCCCCC[C@@H]2C=CC(=O)[C@@H]([C@@H](Cc3c(I)coc3[Si](C)(C)C(C)(C)C)O[Si](C)(C)C(C)(C)C)C2)cc1. The second-order valence-electron chi connectivity index (χ2n) is 16.4. The molecule has 0 saturated heterocycles. The van der Waals surface area contributed by atoms with Crippen LogP contribution >= 0.6 is 22.6 Å². The Bertz CT molecular complexity index is 1280. The average molecular weight is 781 g/mol. The molecule has 3 atom stereocenters. The third kappa shape index (κ3) is 10.4. The van der Waals surface area contributed by atoms with Crippen LogP contribution in [0.3, 0.4) is 0 Å². The fraction of sp³-hybridized carbons (Fsp3) is 0.658. The van der Waals surface area contributed by atoms with Crippen LogP contribution in [-0.2, 0) is 27.0 Å². The van der Waals surface area contributed by atoms with Crippen molar-refractivity contribution in [3.05, 3.63) is 57.4 Å². The number of benzene rings is 1. The van der Waals surface area contributed by atoms with Gasteiger partial charge in [0.1, 0.15) is 20.1 Å². The van der Waals surface area contributed by atoms with Gasteiger partial charge in [-0.3, -0.25) is 4.79 Å². The number of furan rings is 1. The first-order chi connectivity index (χ1) is 21.4. The van der Waals surface area contributed by atoms with Crippen molar-refractivity contribution in [3.8, 4) is 5.75 Å². The van der Waals surface area contributed by atoms with Crippen molar-refractivity contribution in [2.75, 3.05) is 13.7 Å². The molecule has 0 N–H and O–H groups in total. The number of methoxy groups -OCH3 is 1. The van der Waals surface area contributed by atoms with Gasteiger partial charge in [-0.25, -0.2) is 0 Å². The molecule has 0 spiro atoms. The standard InChI is InChI=1S/C38H61IO5Si2/c1-37(2,3)45(8,9)36-31(33(39)27-43-36)25-35(44-46(10,11)38(4,5)6)32-24-28(19-22-34(32)40)16-14-12-13-15-23-42-26-29-17-20-30(41-7)21-18-29/h17-22,27-28,32,35H,12-16,23-26H2,1-11H3/t28-,32+,35-/m1/s1. The Morgan fingerprint density at radius 2 is 1.61 bits per heavy atom. The summed E-state index contributed by atoms with van der Waals surface area (Å²) in [6, 6.07) is 8.06. The topological polar surface area (TPSA) is 57.9 Å². The van der Waals surface area contributed by atoms with E-state index in [0.717, 1.165) is 59.8 Å².